The Morgan fingerprint density at radius 3 is 2.16 bits per heavy atom. The topological polar surface area (TPSA) is 164 Å². The molecule has 0 bridgehead atoms. The number of benzene rings is 4. The molecule has 0 aliphatic carbocycles. The van der Waals surface area contributed by atoms with E-state index in [0.717, 1.165) is 85.9 Å². The van der Waals surface area contributed by atoms with Gasteiger partial charge in [-0.2, -0.15) is 0 Å². The van der Waals surface area contributed by atoms with Gasteiger partial charge in [-0.3, -0.25) is 14.2 Å². The van der Waals surface area contributed by atoms with Crippen LogP contribution in [-0.2, 0) is 25.7 Å². The van der Waals surface area contributed by atoms with Gasteiger partial charge in [0, 0.05) is 56.2 Å². The number of H-pyrrole nitrogens is 1. The number of nitrogen functional groups attached to an aromatic ring is 1. The molecule has 0 saturated carbocycles. The molecule has 294 valence electrons. The van der Waals surface area contributed by atoms with Crippen molar-refractivity contribution in [3.63, 3.8) is 0 Å². The molecule has 7 rings (SSSR count). The molecule has 2 saturated heterocycles. The number of nitrogens with one attached hydrogen (secondary N) is 3. The molecule has 3 atom stereocenters. The molecule has 2 aliphatic rings. The largest absolute Gasteiger partial charge is 0.397 e. The van der Waals surface area contributed by atoms with Crippen LogP contribution in [0.25, 0.3) is 11.0 Å². The van der Waals surface area contributed by atoms with Crippen LogP contribution in [0.1, 0.15) is 92.9 Å². The normalized spacial score (nSPS) is 19.2. The number of aliphatic hydroxyl groups is 1. The third-order valence-electron chi connectivity index (χ3n) is 10.9. The summed E-state index contributed by atoms with van der Waals surface area (Å²) < 4.78 is 15.1. The van der Waals surface area contributed by atoms with E-state index in [1.807, 2.05) is 89.5 Å². The van der Waals surface area contributed by atoms with Gasteiger partial charge < -0.3 is 40.8 Å². The van der Waals surface area contributed by atoms with Crippen molar-refractivity contribution in [3.8, 4) is 0 Å². The van der Waals surface area contributed by atoms with E-state index in [2.05, 4.69) is 20.5 Å². The number of imidazole rings is 1. The van der Waals surface area contributed by atoms with Gasteiger partial charge in [-0.15, -0.1) is 0 Å². The highest BCUT2D eigenvalue weighted by Crippen LogP contribution is 2.39. The van der Waals surface area contributed by atoms with Crippen LogP contribution in [0.2, 0.25) is 0 Å². The molecule has 6 N–H and O–H groups in total. The van der Waals surface area contributed by atoms with Crippen LogP contribution in [-0.4, -0.2) is 57.1 Å². The average molecular weight is 761 g/mol. The molecule has 0 unspecified atom stereocenters. The highest BCUT2D eigenvalue weighted by Gasteiger charge is 2.34. The molecule has 0 radical (unpaired) electrons. The molecule has 5 aromatic rings. The Balaban J connectivity index is 0.900. The zero-order valence-electron chi connectivity index (χ0n) is 31.7. The number of ether oxygens (including phenoxy) is 2. The number of anilines is 3. The molecule has 2 fully saturated rings. The second-order valence-corrected chi connectivity index (χ2v) is 14.9. The number of likely N-dealkylation sites (tertiary alicyclic amines) is 1. The number of amides is 2. The lowest BCUT2D eigenvalue weighted by atomic mass is 9.98. The SMILES string of the molecule is Nc1ccccc1NC(=O)CCCCCCC(=O)Nc1ccc([C@H]2O[C@@H](CN3CCC(n4c(=O)[nH]c5ccccc54)CC3)C[C@@H](c3ccc(CO)cc3)O2)cc1. The van der Waals surface area contributed by atoms with Gasteiger partial charge >= 0.3 is 5.69 Å². The van der Waals surface area contributed by atoms with Crippen molar-refractivity contribution in [1.29, 1.82) is 0 Å². The number of para-hydroxylation sites is 4. The molecular formula is C44H52N6O6. The first-order valence-corrected chi connectivity index (χ1v) is 19.8. The third-order valence-corrected chi connectivity index (χ3v) is 10.9. The number of hydrogen-bond donors (Lipinski definition) is 5. The highest BCUT2D eigenvalue weighted by molar-refractivity contribution is 5.93. The third kappa shape index (κ3) is 9.93. The molecule has 0 spiro atoms. The average Bonchev–Trinajstić information content (AvgIpc) is 3.56. The number of carbonyl (C=O) groups is 2. The number of fused-ring (bicyclic) bond motifs is 1. The van der Waals surface area contributed by atoms with Crippen molar-refractivity contribution in [2.75, 3.05) is 36.0 Å². The van der Waals surface area contributed by atoms with Crippen molar-refractivity contribution in [1.82, 2.24) is 14.5 Å². The van der Waals surface area contributed by atoms with Crippen LogP contribution in [0.15, 0.2) is 102 Å². The minimum absolute atomic E-state index is 0.0180. The summed E-state index contributed by atoms with van der Waals surface area (Å²) in [4.78, 5) is 43.3. The number of hydrogen-bond acceptors (Lipinski definition) is 8. The number of piperidine rings is 1. The van der Waals surface area contributed by atoms with Gasteiger partial charge in [-0.1, -0.05) is 73.5 Å². The van der Waals surface area contributed by atoms with Crippen molar-refractivity contribution in [3.05, 3.63) is 124 Å². The number of carbonyl (C=O) groups excluding carboxylic acids is 2. The molecule has 4 aromatic carbocycles. The van der Waals surface area contributed by atoms with E-state index >= 15 is 0 Å². The van der Waals surface area contributed by atoms with Gasteiger partial charge in [0.1, 0.15) is 0 Å². The maximum absolute atomic E-state index is 12.8. The molecule has 2 amide bonds. The summed E-state index contributed by atoms with van der Waals surface area (Å²) >= 11 is 0. The second kappa shape index (κ2) is 18.6. The first-order chi connectivity index (χ1) is 27.3. The van der Waals surface area contributed by atoms with E-state index < -0.39 is 6.29 Å². The number of aromatic amines is 1. The molecule has 12 heteroatoms. The predicted molar refractivity (Wildman–Crippen MR) is 218 cm³/mol. The number of nitrogens with zero attached hydrogens (tertiary/aromatic N) is 2. The van der Waals surface area contributed by atoms with Gasteiger partial charge in [-0.25, -0.2) is 4.79 Å². The number of aliphatic hydroxyl groups excluding tert-OH is 1. The second-order valence-electron chi connectivity index (χ2n) is 14.9. The van der Waals surface area contributed by atoms with E-state index in [-0.39, 0.29) is 42.4 Å². The number of nitrogens with two attached hydrogens (primary N) is 1. The van der Waals surface area contributed by atoms with E-state index in [9.17, 15) is 19.5 Å². The summed E-state index contributed by atoms with van der Waals surface area (Å²) in [6.45, 7) is 2.43. The first kappa shape index (κ1) is 39.0. The van der Waals surface area contributed by atoms with Gasteiger partial charge in [0.05, 0.1) is 41.2 Å². The fraction of sp³-hybridized carbons (Fsp3) is 0.386. The summed E-state index contributed by atoms with van der Waals surface area (Å²) in [5.74, 6) is -0.112. The predicted octanol–water partition coefficient (Wildman–Crippen LogP) is 7.20. The lowest BCUT2D eigenvalue weighted by Crippen LogP contribution is -2.43. The molecule has 1 aromatic heterocycles. The van der Waals surface area contributed by atoms with Crippen LogP contribution < -0.4 is 22.1 Å². The lowest BCUT2D eigenvalue weighted by Gasteiger charge is -2.40. The van der Waals surface area contributed by atoms with Crippen molar-refractivity contribution in [2.45, 2.75) is 88.9 Å². The fourth-order valence-corrected chi connectivity index (χ4v) is 7.81. The van der Waals surface area contributed by atoms with Crippen molar-refractivity contribution in [2.24, 2.45) is 0 Å². The van der Waals surface area contributed by atoms with Crippen molar-refractivity contribution >= 4 is 39.9 Å². The Hall–Kier alpha value is -5.27. The number of unbranched alkanes of at least 4 members (excludes halogenated alkanes) is 3. The van der Waals surface area contributed by atoms with Gasteiger partial charge in [0.15, 0.2) is 6.29 Å². The monoisotopic (exact) mass is 760 g/mol. The Morgan fingerprint density at radius 1 is 0.786 bits per heavy atom. The molecular weight excluding hydrogens is 709 g/mol. The standard InChI is InChI=1S/C44H52N6O6/c45-36-9-5-6-10-37(36)47-42(53)14-4-2-1-3-13-41(52)46-33-21-19-32(20-22-33)43-55-35(27-40(56-43)31-17-15-30(29-51)16-18-31)28-49-25-23-34(24-26-49)50-39-12-8-7-11-38(39)48-44(50)54/h5-12,15-22,34-35,40,43,51H,1-4,13-14,23-29,45H2,(H,46,52)(H,47,53)(H,48,54)/t35-,40+,43+/m1/s1. The summed E-state index contributed by atoms with van der Waals surface area (Å²) in [6, 6.07) is 30.7. The van der Waals surface area contributed by atoms with Gasteiger partial charge in [-0.05, 0) is 73.2 Å². The van der Waals surface area contributed by atoms with E-state index in [4.69, 9.17) is 15.2 Å². The molecule has 12 nitrogen and oxygen atoms in total. The first-order valence-electron chi connectivity index (χ1n) is 19.8. The molecule has 56 heavy (non-hydrogen) atoms. The van der Waals surface area contributed by atoms with Crippen LogP contribution in [0, 0.1) is 0 Å². The Labute approximate surface area is 327 Å². The summed E-state index contributed by atoms with van der Waals surface area (Å²) in [7, 11) is 0. The Bertz CT molecular complexity index is 2120. The molecule has 3 heterocycles. The maximum atomic E-state index is 12.8. The Kier molecular flexibility index (Phi) is 12.9. The summed E-state index contributed by atoms with van der Waals surface area (Å²) in [6.07, 6.45) is 5.54. The summed E-state index contributed by atoms with van der Waals surface area (Å²) in [5.41, 5.74) is 12.3. The minimum atomic E-state index is -0.601. The maximum Gasteiger partial charge on any atom is 0.326 e. The Morgan fingerprint density at radius 2 is 1.45 bits per heavy atom. The lowest BCUT2D eigenvalue weighted by molar-refractivity contribution is -0.253. The number of rotatable bonds is 15. The molecule has 2 aliphatic heterocycles. The van der Waals surface area contributed by atoms with E-state index in [1.165, 1.54) is 0 Å². The van der Waals surface area contributed by atoms with E-state index in [0.29, 0.717) is 36.3 Å². The van der Waals surface area contributed by atoms with Gasteiger partial charge in [0.25, 0.3) is 0 Å². The van der Waals surface area contributed by atoms with E-state index in [1.54, 1.807) is 12.1 Å². The van der Waals surface area contributed by atoms with Crippen molar-refractivity contribution < 1.29 is 24.2 Å². The quantitative estimate of drug-likeness (QED) is 0.0553. The fourth-order valence-electron chi connectivity index (χ4n) is 7.81. The zero-order valence-corrected chi connectivity index (χ0v) is 31.7. The summed E-state index contributed by atoms with van der Waals surface area (Å²) in [5, 5.41) is 15.4. The highest BCUT2D eigenvalue weighted by atomic mass is 16.7. The number of aromatic nitrogens is 2. The van der Waals surface area contributed by atoms with Gasteiger partial charge in [0.2, 0.25) is 11.8 Å². The van der Waals surface area contributed by atoms with Crippen LogP contribution in [0.4, 0.5) is 17.1 Å². The van der Waals surface area contributed by atoms with Crippen LogP contribution in [0.3, 0.4) is 0 Å². The zero-order chi connectivity index (χ0) is 38.9. The van der Waals surface area contributed by atoms with Crippen LogP contribution >= 0.6 is 0 Å². The minimum Gasteiger partial charge on any atom is -0.397 e. The smallest absolute Gasteiger partial charge is 0.326 e. The van der Waals surface area contributed by atoms with Crippen LogP contribution in [0.5, 0.6) is 0 Å².